The van der Waals surface area contributed by atoms with E-state index >= 15 is 0 Å². The third-order valence-electron chi connectivity index (χ3n) is 1.17. The summed E-state index contributed by atoms with van der Waals surface area (Å²) in [7, 11) is 0. The molecule has 0 spiro atoms. The van der Waals surface area contributed by atoms with Gasteiger partial charge in [0.2, 0.25) is 0 Å². The number of carbonyl (C=O) groups excluding carboxylic acids is 1. The van der Waals surface area contributed by atoms with Crippen molar-refractivity contribution in [2.24, 2.45) is 5.84 Å². The second-order valence-corrected chi connectivity index (χ2v) is 1.93. The summed E-state index contributed by atoms with van der Waals surface area (Å²) in [5, 5.41) is 10.6. The third-order valence-corrected chi connectivity index (χ3v) is 1.17. The molecule has 0 atom stereocenters. The number of nitrogen functional groups attached to an aromatic ring is 1. The number of carbonyl (C=O) groups is 1. The molecule has 1 heterocycles. The van der Waals surface area contributed by atoms with Crippen LogP contribution in [0.3, 0.4) is 0 Å². The highest BCUT2D eigenvalue weighted by atomic mass is 35.5. The van der Waals surface area contributed by atoms with Crippen molar-refractivity contribution in [2.45, 2.75) is 0 Å². The lowest BCUT2D eigenvalue weighted by Crippen LogP contribution is -2.33. The number of nitrogens with zero attached hydrogens (tertiary/aromatic N) is 1. The zero-order valence-electron chi connectivity index (χ0n) is 6.06. The molecule has 0 fully saturated rings. The number of rotatable bonds is 1. The Morgan fingerprint density at radius 2 is 2.33 bits per heavy atom. The van der Waals surface area contributed by atoms with Crippen LogP contribution in [-0.2, 0) is 0 Å². The van der Waals surface area contributed by atoms with E-state index in [0.29, 0.717) is 4.73 Å². The molecule has 0 unspecified atom stereocenters. The van der Waals surface area contributed by atoms with Gasteiger partial charge in [-0.15, -0.1) is 12.4 Å². The van der Waals surface area contributed by atoms with E-state index in [1.165, 1.54) is 18.3 Å². The minimum Gasteiger partial charge on any atom is -0.619 e. The number of halogens is 1. The summed E-state index contributed by atoms with van der Waals surface area (Å²) in [6, 6.07) is 2.97. The number of hydrazine groups is 1. The van der Waals surface area contributed by atoms with Gasteiger partial charge in [0.25, 0.3) is 5.91 Å². The lowest BCUT2D eigenvalue weighted by Gasteiger charge is -1.98. The van der Waals surface area contributed by atoms with E-state index in [1.54, 1.807) is 0 Å². The molecule has 0 aliphatic carbocycles. The molecule has 66 valence electrons. The molecule has 1 rings (SSSR count). The molecule has 6 heteroatoms. The molecule has 0 aliphatic rings. The fourth-order valence-corrected chi connectivity index (χ4v) is 0.672. The van der Waals surface area contributed by atoms with E-state index in [0.717, 1.165) is 6.20 Å². The first kappa shape index (κ1) is 10.7. The van der Waals surface area contributed by atoms with Gasteiger partial charge in [0.05, 0.1) is 0 Å². The minimum atomic E-state index is -0.477. The topological polar surface area (TPSA) is 82.1 Å². The van der Waals surface area contributed by atoms with E-state index < -0.39 is 5.91 Å². The van der Waals surface area contributed by atoms with Crippen LogP contribution in [0.4, 0.5) is 0 Å². The van der Waals surface area contributed by atoms with Gasteiger partial charge in [0.15, 0.2) is 12.4 Å². The number of nitrogens with one attached hydrogen (secondary N) is 1. The van der Waals surface area contributed by atoms with Crippen molar-refractivity contribution in [3.63, 3.8) is 0 Å². The quantitative estimate of drug-likeness (QED) is 0.202. The maximum atomic E-state index is 10.8. The van der Waals surface area contributed by atoms with E-state index in [-0.39, 0.29) is 18.0 Å². The number of aromatic nitrogens is 1. The predicted molar refractivity (Wildman–Crippen MR) is 44.3 cm³/mol. The van der Waals surface area contributed by atoms with Crippen molar-refractivity contribution in [3.8, 4) is 0 Å². The van der Waals surface area contributed by atoms with Crippen LogP contribution in [0.1, 0.15) is 10.4 Å². The van der Waals surface area contributed by atoms with Gasteiger partial charge in [-0.05, 0) is 6.07 Å². The Kier molecular flexibility index (Phi) is 4.03. The summed E-state index contributed by atoms with van der Waals surface area (Å²) in [5.41, 5.74) is 2.16. The average Bonchev–Trinajstić information content (AvgIpc) is 2.03. The van der Waals surface area contributed by atoms with Crippen LogP contribution in [0.25, 0.3) is 0 Å². The highest BCUT2D eigenvalue weighted by molar-refractivity contribution is 5.93. The van der Waals surface area contributed by atoms with Gasteiger partial charge in [-0.1, -0.05) is 0 Å². The van der Waals surface area contributed by atoms with Crippen LogP contribution >= 0.6 is 12.4 Å². The number of hydrogen-bond acceptors (Lipinski definition) is 3. The largest absolute Gasteiger partial charge is 0.619 e. The first-order valence-corrected chi connectivity index (χ1v) is 2.94. The molecule has 0 bridgehead atoms. The predicted octanol–water partition coefficient (Wildman–Crippen LogP) is -0.655. The Balaban J connectivity index is 0.00000121. The second-order valence-electron chi connectivity index (χ2n) is 1.93. The van der Waals surface area contributed by atoms with Crippen LogP contribution in [0, 0.1) is 5.21 Å². The van der Waals surface area contributed by atoms with Gasteiger partial charge in [-0.25, -0.2) is 5.84 Å². The normalized spacial score (nSPS) is 8.42. The summed E-state index contributed by atoms with van der Waals surface area (Å²) >= 11 is 0. The molecule has 1 aromatic heterocycles. The summed E-state index contributed by atoms with van der Waals surface area (Å²) in [6.45, 7) is 0. The van der Waals surface area contributed by atoms with Crippen LogP contribution in [0.2, 0.25) is 0 Å². The van der Waals surface area contributed by atoms with Gasteiger partial charge >= 0.3 is 0 Å². The molecular formula is C6H8ClN3O2. The van der Waals surface area contributed by atoms with E-state index in [2.05, 4.69) is 0 Å². The van der Waals surface area contributed by atoms with Crippen molar-refractivity contribution in [1.82, 2.24) is 5.43 Å². The Hall–Kier alpha value is -1.33. The number of nitrogens with two attached hydrogens (primary N) is 1. The molecule has 0 aromatic carbocycles. The van der Waals surface area contributed by atoms with Gasteiger partial charge in [-0.2, -0.15) is 4.73 Å². The van der Waals surface area contributed by atoms with E-state index in [9.17, 15) is 10.0 Å². The fraction of sp³-hybridized carbons (Fsp3) is 0. The smallest absolute Gasteiger partial charge is 0.271 e. The summed E-state index contributed by atoms with van der Waals surface area (Å²) < 4.78 is 0.532. The van der Waals surface area contributed by atoms with Crippen molar-refractivity contribution in [1.29, 1.82) is 0 Å². The van der Waals surface area contributed by atoms with Crippen molar-refractivity contribution in [2.75, 3.05) is 0 Å². The van der Waals surface area contributed by atoms with Crippen LogP contribution in [-0.4, -0.2) is 5.91 Å². The van der Waals surface area contributed by atoms with E-state index in [1.807, 2.05) is 5.43 Å². The van der Waals surface area contributed by atoms with Gasteiger partial charge in [-0.3, -0.25) is 10.2 Å². The Morgan fingerprint density at radius 1 is 1.67 bits per heavy atom. The van der Waals surface area contributed by atoms with Crippen molar-refractivity contribution < 1.29 is 9.52 Å². The van der Waals surface area contributed by atoms with Gasteiger partial charge in [0.1, 0.15) is 5.56 Å². The minimum absolute atomic E-state index is 0. The highest BCUT2D eigenvalue weighted by Gasteiger charge is 2.04. The SMILES string of the molecule is Cl.NNC(=O)c1ccc[n+]([O-])c1. The first-order chi connectivity index (χ1) is 5.24. The molecule has 12 heavy (non-hydrogen) atoms. The molecule has 0 saturated carbocycles. The fourth-order valence-electron chi connectivity index (χ4n) is 0.672. The zero-order chi connectivity index (χ0) is 8.27. The lowest BCUT2D eigenvalue weighted by molar-refractivity contribution is -0.605. The highest BCUT2D eigenvalue weighted by Crippen LogP contribution is 1.91. The molecular weight excluding hydrogens is 182 g/mol. The first-order valence-electron chi connectivity index (χ1n) is 2.94. The zero-order valence-corrected chi connectivity index (χ0v) is 6.88. The standard InChI is InChI=1S/C6H7N3O2.ClH/c7-8-6(10)5-2-1-3-9(11)4-5;/h1-4H,7H2,(H,8,10);1H. The van der Waals surface area contributed by atoms with Crippen LogP contribution in [0.5, 0.6) is 0 Å². The third kappa shape index (κ3) is 2.37. The monoisotopic (exact) mass is 189 g/mol. The molecule has 3 N–H and O–H groups in total. The Morgan fingerprint density at radius 3 is 2.83 bits per heavy atom. The lowest BCUT2D eigenvalue weighted by atomic mass is 10.3. The van der Waals surface area contributed by atoms with E-state index in [4.69, 9.17) is 5.84 Å². The van der Waals surface area contributed by atoms with Crippen molar-refractivity contribution >= 4 is 18.3 Å². The van der Waals surface area contributed by atoms with Crippen molar-refractivity contribution in [3.05, 3.63) is 35.3 Å². The van der Waals surface area contributed by atoms with Gasteiger partial charge in [0, 0.05) is 6.07 Å². The summed E-state index contributed by atoms with van der Waals surface area (Å²) in [4.78, 5) is 10.8. The molecule has 5 nitrogen and oxygen atoms in total. The molecule has 0 aliphatic heterocycles. The maximum Gasteiger partial charge on any atom is 0.271 e. The Labute approximate surface area is 75.1 Å². The molecule has 0 saturated heterocycles. The number of pyridine rings is 1. The molecule has 0 radical (unpaired) electrons. The average molecular weight is 190 g/mol. The second kappa shape index (κ2) is 4.53. The van der Waals surface area contributed by atoms with Crippen LogP contribution < -0.4 is 16.0 Å². The summed E-state index contributed by atoms with van der Waals surface area (Å²) in [5.74, 6) is 4.37. The summed E-state index contributed by atoms with van der Waals surface area (Å²) in [6.07, 6.45) is 2.43. The van der Waals surface area contributed by atoms with Crippen LogP contribution in [0.15, 0.2) is 24.5 Å². The van der Waals surface area contributed by atoms with Gasteiger partial charge < -0.3 is 5.21 Å². The molecule has 1 aromatic rings. The molecule has 1 amide bonds. The maximum absolute atomic E-state index is 10.8. The number of amides is 1. The Bertz CT molecular complexity index is 279. The number of hydrogen-bond donors (Lipinski definition) is 2.